The van der Waals surface area contributed by atoms with Gasteiger partial charge in [0.1, 0.15) is 0 Å². The molecule has 0 atom stereocenters. The molecule has 24 heavy (non-hydrogen) atoms. The van der Waals surface area contributed by atoms with Crippen molar-refractivity contribution in [2.45, 2.75) is 46.3 Å². The Balaban J connectivity index is 2.42. The molecule has 5 heteroatoms. The van der Waals surface area contributed by atoms with Crippen molar-refractivity contribution in [2.75, 3.05) is 33.4 Å². The molecule has 0 saturated carbocycles. The molecule has 1 aromatic rings. The van der Waals surface area contributed by atoms with E-state index in [2.05, 4.69) is 41.6 Å². The minimum Gasteiger partial charge on any atom is -0.381 e. The fourth-order valence-electron chi connectivity index (χ4n) is 2.24. The quantitative estimate of drug-likeness (QED) is 0.350. The van der Waals surface area contributed by atoms with Crippen LogP contribution in [0.15, 0.2) is 29.3 Å². The maximum atomic E-state index is 5.57. The van der Waals surface area contributed by atoms with Gasteiger partial charge in [-0.05, 0) is 30.9 Å². The van der Waals surface area contributed by atoms with Gasteiger partial charge in [0, 0.05) is 33.4 Å². The van der Waals surface area contributed by atoms with Gasteiger partial charge in [0.15, 0.2) is 5.96 Å². The number of rotatable bonds is 12. The fraction of sp³-hybridized carbons (Fsp3) is 0.632. The molecule has 0 amide bonds. The van der Waals surface area contributed by atoms with E-state index < -0.39 is 0 Å². The molecule has 1 aromatic carbocycles. The molecule has 0 bridgehead atoms. The first-order chi connectivity index (χ1) is 11.8. The van der Waals surface area contributed by atoms with Gasteiger partial charge in [-0.1, -0.05) is 37.6 Å². The maximum absolute atomic E-state index is 5.57. The number of unbranched alkanes of at least 4 members (excludes halogenated alkanes) is 1. The van der Waals surface area contributed by atoms with Gasteiger partial charge < -0.3 is 20.1 Å². The third-order valence-electron chi connectivity index (χ3n) is 3.57. The fourth-order valence-corrected chi connectivity index (χ4v) is 2.24. The number of methoxy groups -OCH3 is 1. The largest absolute Gasteiger partial charge is 0.381 e. The van der Waals surface area contributed by atoms with E-state index in [1.807, 2.05) is 12.1 Å². The molecule has 2 N–H and O–H groups in total. The van der Waals surface area contributed by atoms with E-state index in [0.29, 0.717) is 13.2 Å². The van der Waals surface area contributed by atoms with Crippen molar-refractivity contribution in [3.8, 4) is 0 Å². The lowest BCUT2D eigenvalue weighted by molar-refractivity contribution is 0.129. The molecule has 0 aromatic heterocycles. The van der Waals surface area contributed by atoms with E-state index in [0.717, 1.165) is 45.1 Å². The number of nitrogens with one attached hydrogen (secondary N) is 2. The predicted molar refractivity (Wildman–Crippen MR) is 100 cm³/mol. The van der Waals surface area contributed by atoms with Crippen molar-refractivity contribution < 1.29 is 9.47 Å². The number of ether oxygens (including phenoxy) is 2. The molecule has 5 nitrogen and oxygen atoms in total. The van der Waals surface area contributed by atoms with Crippen LogP contribution in [0.25, 0.3) is 0 Å². The molecule has 1 rings (SSSR count). The molecule has 0 aliphatic heterocycles. The summed E-state index contributed by atoms with van der Waals surface area (Å²) >= 11 is 0. The maximum Gasteiger partial charge on any atom is 0.191 e. The molecule has 0 aliphatic rings. The second-order valence-electron chi connectivity index (χ2n) is 5.64. The molecule has 0 radical (unpaired) electrons. The molecule has 0 aliphatic carbocycles. The molecule has 0 unspecified atom stereocenters. The van der Waals surface area contributed by atoms with E-state index in [-0.39, 0.29) is 0 Å². The monoisotopic (exact) mass is 335 g/mol. The zero-order valence-electron chi connectivity index (χ0n) is 15.4. The third kappa shape index (κ3) is 8.89. The Hall–Kier alpha value is -1.59. The van der Waals surface area contributed by atoms with Crippen molar-refractivity contribution in [1.82, 2.24) is 10.6 Å². The first-order valence-corrected chi connectivity index (χ1v) is 8.97. The van der Waals surface area contributed by atoms with Crippen LogP contribution in [0.5, 0.6) is 0 Å². The number of hydrogen-bond acceptors (Lipinski definition) is 3. The first-order valence-electron chi connectivity index (χ1n) is 8.97. The van der Waals surface area contributed by atoms with Crippen LogP contribution < -0.4 is 10.6 Å². The van der Waals surface area contributed by atoms with Gasteiger partial charge in [-0.15, -0.1) is 0 Å². The van der Waals surface area contributed by atoms with Crippen LogP contribution in [-0.2, 0) is 22.6 Å². The van der Waals surface area contributed by atoms with Gasteiger partial charge in [-0.2, -0.15) is 0 Å². The molecular weight excluding hydrogens is 302 g/mol. The normalized spacial score (nSPS) is 11.5. The lowest BCUT2D eigenvalue weighted by Gasteiger charge is -2.12. The standard InChI is InChI=1S/C19H33N3O2/c1-4-6-13-24-14-9-12-21-19(20-5-2)22-15-17-10-7-8-11-18(17)16-23-3/h7-8,10-11H,4-6,9,12-16H2,1-3H3,(H2,20,21,22). The Bertz CT molecular complexity index is 464. The van der Waals surface area contributed by atoms with Crippen LogP contribution in [0.4, 0.5) is 0 Å². The third-order valence-corrected chi connectivity index (χ3v) is 3.57. The summed E-state index contributed by atoms with van der Waals surface area (Å²) in [5, 5.41) is 6.64. The number of aliphatic imine (C=N–C) groups is 1. The van der Waals surface area contributed by atoms with Crippen molar-refractivity contribution in [3.63, 3.8) is 0 Å². The predicted octanol–water partition coefficient (Wildman–Crippen LogP) is 3.09. The summed E-state index contributed by atoms with van der Waals surface area (Å²) in [6.07, 6.45) is 3.30. The van der Waals surface area contributed by atoms with E-state index >= 15 is 0 Å². The van der Waals surface area contributed by atoms with Gasteiger partial charge in [0.25, 0.3) is 0 Å². The molecule has 0 fully saturated rings. The van der Waals surface area contributed by atoms with E-state index in [9.17, 15) is 0 Å². The van der Waals surface area contributed by atoms with Crippen LogP contribution >= 0.6 is 0 Å². The summed E-state index contributed by atoms with van der Waals surface area (Å²) in [6.45, 7) is 8.87. The Kier molecular flexibility index (Phi) is 11.8. The topological polar surface area (TPSA) is 54.9 Å². The number of nitrogens with zero attached hydrogens (tertiary/aromatic N) is 1. The lowest BCUT2D eigenvalue weighted by Crippen LogP contribution is -2.38. The summed E-state index contributed by atoms with van der Waals surface area (Å²) in [5.74, 6) is 0.846. The van der Waals surface area contributed by atoms with Crippen molar-refractivity contribution >= 4 is 5.96 Å². The smallest absolute Gasteiger partial charge is 0.191 e. The van der Waals surface area contributed by atoms with Crippen molar-refractivity contribution in [2.24, 2.45) is 4.99 Å². The SMILES string of the molecule is CCCCOCCCNC(=NCc1ccccc1COC)NCC. The van der Waals surface area contributed by atoms with E-state index in [1.165, 1.54) is 17.5 Å². The van der Waals surface area contributed by atoms with Crippen LogP contribution in [0, 0.1) is 0 Å². The van der Waals surface area contributed by atoms with Gasteiger partial charge in [0.2, 0.25) is 0 Å². The minimum atomic E-state index is 0.616. The van der Waals surface area contributed by atoms with Crippen LogP contribution in [0.3, 0.4) is 0 Å². The Morgan fingerprint density at radius 2 is 1.79 bits per heavy atom. The van der Waals surface area contributed by atoms with Gasteiger partial charge in [-0.25, -0.2) is 4.99 Å². The summed E-state index contributed by atoms with van der Waals surface area (Å²) in [5.41, 5.74) is 2.38. The van der Waals surface area contributed by atoms with Crippen LogP contribution in [0.2, 0.25) is 0 Å². The lowest BCUT2D eigenvalue weighted by atomic mass is 10.1. The Morgan fingerprint density at radius 1 is 1.04 bits per heavy atom. The molecular formula is C19H33N3O2. The second-order valence-corrected chi connectivity index (χ2v) is 5.64. The molecule has 0 heterocycles. The highest BCUT2D eigenvalue weighted by Gasteiger charge is 2.02. The number of hydrogen-bond donors (Lipinski definition) is 2. The molecule has 136 valence electrons. The van der Waals surface area contributed by atoms with Crippen LogP contribution in [-0.4, -0.2) is 39.4 Å². The van der Waals surface area contributed by atoms with Crippen molar-refractivity contribution in [1.29, 1.82) is 0 Å². The Labute approximate surface area is 146 Å². The summed E-state index contributed by atoms with van der Waals surface area (Å²) < 4.78 is 10.8. The number of guanidine groups is 1. The average Bonchev–Trinajstić information content (AvgIpc) is 2.60. The highest BCUT2D eigenvalue weighted by molar-refractivity contribution is 5.79. The molecule has 0 saturated heterocycles. The van der Waals surface area contributed by atoms with Gasteiger partial charge in [-0.3, -0.25) is 0 Å². The first kappa shape index (κ1) is 20.5. The van der Waals surface area contributed by atoms with Crippen LogP contribution in [0.1, 0.15) is 44.2 Å². The number of benzene rings is 1. The van der Waals surface area contributed by atoms with Gasteiger partial charge >= 0.3 is 0 Å². The van der Waals surface area contributed by atoms with Crippen molar-refractivity contribution in [3.05, 3.63) is 35.4 Å². The molecule has 0 spiro atoms. The summed E-state index contributed by atoms with van der Waals surface area (Å²) in [6, 6.07) is 8.26. The van der Waals surface area contributed by atoms with E-state index in [4.69, 9.17) is 9.47 Å². The minimum absolute atomic E-state index is 0.616. The summed E-state index contributed by atoms with van der Waals surface area (Å²) in [7, 11) is 1.72. The zero-order valence-corrected chi connectivity index (χ0v) is 15.4. The Morgan fingerprint density at radius 3 is 2.50 bits per heavy atom. The van der Waals surface area contributed by atoms with E-state index in [1.54, 1.807) is 7.11 Å². The highest BCUT2D eigenvalue weighted by atomic mass is 16.5. The highest BCUT2D eigenvalue weighted by Crippen LogP contribution is 2.11. The van der Waals surface area contributed by atoms with Gasteiger partial charge in [0.05, 0.1) is 13.2 Å². The average molecular weight is 335 g/mol. The summed E-state index contributed by atoms with van der Waals surface area (Å²) in [4.78, 5) is 4.67. The second kappa shape index (κ2) is 13.8. The zero-order chi connectivity index (χ0) is 17.5.